The molecular weight excluding hydrogens is 392 g/mol. The Morgan fingerprint density at radius 1 is 1.00 bits per heavy atom. The molecule has 4 rings (SSSR count). The van der Waals surface area contributed by atoms with E-state index in [1.54, 1.807) is 6.92 Å². The van der Waals surface area contributed by atoms with Crippen molar-refractivity contribution in [3.05, 3.63) is 87.8 Å². The van der Waals surface area contributed by atoms with Crippen molar-refractivity contribution in [3.63, 3.8) is 0 Å². The SMILES string of the molecule is Cc1ccccc1NC(=O)Cn1c(C)cc(C)c(-c2nc(-c3ccccc3)no2)c1=O. The molecule has 0 aliphatic heterocycles. The normalized spacial score (nSPS) is 10.8. The van der Waals surface area contributed by atoms with E-state index in [4.69, 9.17) is 4.52 Å². The number of hydrogen-bond acceptors (Lipinski definition) is 5. The van der Waals surface area contributed by atoms with Gasteiger partial charge in [-0.15, -0.1) is 0 Å². The molecule has 0 saturated carbocycles. The number of anilines is 1. The van der Waals surface area contributed by atoms with Gasteiger partial charge < -0.3 is 14.4 Å². The lowest BCUT2D eigenvalue weighted by Crippen LogP contribution is -2.30. The van der Waals surface area contributed by atoms with Crippen LogP contribution in [0.25, 0.3) is 22.8 Å². The molecule has 156 valence electrons. The quantitative estimate of drug-likeness (QED) is 0.530. The van der Waals surface area contributed by atoms with E-state index in [0.717, 1.165) is 16.8 Å². The number of aryl methyl sites for hydroxylation is 3. The zero-order valence-electron chi connectivity index (χ0n) is 17.5. The summed E-state index contributed by atoms with van der Waals surface area (Å²) in [5.41, 5.74) is 3.79. The van der Waals surface area contributed by atoms with Crippen molar-refractivity contribution in [1.29, 1.82) is 0 Å². The zero-order chi connectivity index (χ0) is 22.0. The summed E-state index contributed by atoms with van der Waals surface area (Å²) in [6.45, 7) is 5.40. The van der Waals surface area contributed by atoms with Gasteiger partial charge in [-0.25, -0.2) is 0 Å². The number of nitrogens with one attached hydrogen (secondary N) is 1. The van der Waals surface area contributed by atoms with E-state index in [0.29, 0.717) is 22.6 Å². The van der Waals surface area contributed by atoms with E-state index in [-0.39, 0.29) is 23.9 Å². The molecule has 0 radical (unpaired) electrons. The Morgan fingerprint density at radius 2 is 1.71 bits per heavy atom. The van der Waals surface area contributed by atoms with Crippen molar-refractivity contribution < 1.29 is 9.32 Å². The van der Waals surface area contributed by atoms with Crippen LogP contribution in [0.2, 0.25) is 0 Å². The molecule has 0 spiro atoms. The molecule has 0 saturated heterocycles. The fraction of sp³-hybridized carbons (Fsp3) is 0.167. The maximum atomic E-state index is 13.3. The van der Waals surface area contributed by atoms with Crippen LogP contribution in [0.1, 0.15) is 16.8 Å². The average molecular weight is 414 g/mol. The summed E-state index contributed by atoms with van der Waals surface area (Å²) in [5.74, 6) is 0.248. The molecule has 2 aromatic carbocycles. The molecule has 2 aromatic heterocycles. The number of nitrogens with zero attached hydrogens (tertiary/aromatic N) is 3. The number of pyridine rings is 1. The standard InChI is InChI=1S/C24H22N4O3/c1-15-9-7-8-12-19(15)25-20(29)14-28-17(3)13-16(2)21(24(28)30)23-26-22(27-31-23)18-10-5-4-6-11-18/h4-13H,14H2,1-3H3,(H,25,29). The molecule has 0 fully saturated rings. The van der Waals surface area contributed by atoms with Crippen LogP contribution in [-0.4, -0.2) is 20.6 Å². The number of benzene rings is 2. The van der Waals surface area contributed by atoms with Gasteiger partial charge in [0.05, 0.1) is 0 Å². The summed E-state index contributed by atoms with van der Waals surface area (Å²) in [7, 11) is 0. The Bertz CT molecular complexity index is 1310. The lowest BCUT2D eigenvalue weighted by atomic mass is 10.1. The van der Waals surface area contributed by atoms with Gasteiger partial charge in [0.1, 0.15) is 12.1 Å². The monoisotopic (exact) mass is 414 g/mol. The third kappa shape index (κ3) is 4.16. The highest BCUT2D eigenvalue weighted by Gasteiger charge is 2.20. The average Bonchev–Trinajstić information content (AvgIpc) is 3.23. The molecule has 2 heterocycles. The number of carbonyl (C=O) groups excluding carboxylic acids is 1. The number of aromatic nitrogens is 3. The third-order valence-corrected chi connectivity index (χ3v) is 5.10. The van der Waals surface area contributed by atoms with Gasteiger partial charge in [-0.1, -0.05) is 53.7 Å². The molecule has 0 aliphatic carbocycles. The Morgan fingerprint density at radius 3 is 2.45 bits per heavy atom. The van der Waals surface area contributed by atoms with Crippen LogP contribution in [0.5, 0.6) is 0 Å². The zero-order valence-corrected chi connectivity index (χ0v) is 17.5. The first-order valence-corrected chi connectivity index (χ1v) is 9.90. The van der Waals surface area contributed by atoms with Crippen molar-refractivity contribution in [2.75, 3.05) is 5.32 Å². The highest BCUT2D eigenvalue weighted by atomic mass is 16.5. The van der Waals surface area contributed by atoms with Gasteiger partial charge in [-0.2, -0.15) is 4.98 Å². The molecule has 1 amide bonds. The third-order valence-electron chi connectivity index (χ3n) is 5.10. The highest BCUT2D eigenvalue weighted by molar-refractivity contribution is 5.91. The van der Waals surface area contributed by atoms with Gasteiger partial charge in [0, 0.05) is 16.9 Å². The molecule has 0 atom stereocenters. The summed E-state index contributed by atoms with van der Waals surface area (Å²) in [5, 5.41) is 6.87. The highest BCUT2D eigenvalue weighted by Crippen LogP contribution is 2.23. The lowest BCUT2D eigenvalue weighted by molar-refractivity contribution is -0.116. The Kier molecular flexibility index (Phi) is 5.49. The minimum atomic E-state index is -0.347. The maximum Gasteiger partial charge on any atom is 0.264 e. The van der Waals surface area contributed by atoms with E-state index in [1.165, 1.54) is 4.57 Å². The molecule has 31 heavy (non-hydrogen) atoms. The molecular formula is C24H22N4O3. The Balaban J connectivity index is 1.66. The van der Waals surface area contributed by atoms with Gasteiger partial charge in [-0.05, 0) is 44.0 Å². The topological polar surface area (TPSA) is 90.0 Å². The molecule has 4 aromatic rings. The maximum absolute atomic E-state index is 13.3. The van der Waals surface area contributed by atoms with Crippen LogP contribution in [-0.2, 0) is 11.3 Å². The number of para-hydroxylation sites is 1. The second-order valence-corrected chi connectivity index (χ2v) is 7.39. The van der Waals surface area contributed by atoms with E-state index < -0.39 is 0 Å². The van der Waals surface area contributed by atoms with Crippen LogP contribution in [0.4, 0.5) is 5.69 Å². The minimum absolute atomic E-state index is 0.119. The second kappa shape index (κ2) is 8.39. The number of hydrogen-bond donors (Lipinski definition) is 1. The van der Waals surface area contributed by atoms with Crippen LogP contribution in [0, 0.1) is 20.8 Å². The van der Waals surface area contributed by atoms with Crippen LogP contribution in [0.15, 0.2) is 70.0 Å². The fourth-order valence-corrected chi connectivity index (χ4v) is 3.46. The Hall–Kier alpha value is -4.00. The number of amides is 1. The molecule has 0 unspecified atom stereocenters. The van der Waals surface area contributed by atoms with Gasteiger partial charge >= 0.3 is 0 Å². The van der Waals surface area contributed by atoms with Crippen molar-refractivity contribution in [3.8, 4) is 22.8 Å². The van der Waals surface area contributed by atoms with E-state index in [9.17, 15) is 9.59 Å². The van der Waals surface area contributed by atoms with Crippen molar-refractivity contribution in [2.45, 2.75) is 27.3 Å². The first kappa shape index (κ1) is 20.3. The summed E-state index contributed by atoms with van der Waals surface area (Å²) < 4.78 is 6.82. The number of carbonyl (C=O) groups is 1. The van der Waals surface area contributed by atoms with Crippen LogP contribution < -0.4 is 10.9 Å². The van der Waals surface area contributed by atoms with Gasteiger partial charge in [0.15, 0.2) is 0 Å². The van der Waals surface area contributed by atoms with Crippen molar-refractivity contribution >= 4 is 11.6 Å². The smallest absolute Gasteiger partial charge is 0.264 e. The van der Waals surface area contributed by atoms with Gasteiger partial charge in [-0.3, -0.25) is 9.59 Å². The van der Waals surface area contributed by atoms with Crippen molar-refractivity contribution in [1.82, 2.24) is 14.7 Å². The Labute approximate surface area is 179 Å². The van der Waals surface area contributed by atoms with Crippen LogP contribution >= 0.6 is 0 Å². The largest absolute Gasteiger partial charge is 0.333 e. The summed E-state index contributed by atoms with van der Waals surface area (Å²) in [6.07, 6.45) is 0. The molecule has 0 aliphatic rings. The second-order valence-electron chi connectivity index (χ2n) is 7.39. The summed E-state index contributed by atoms with van der Waals surface area (Å²) >= 11 is 0. The van der Waals surface area contributed by atoms with E-state index >= 15 is 0 Å². The molecule has 7 heteroatoms. The summed E-state index contributed by atoms with van der Waals surface area (Å²) in [4.78, 5) is 30.3. The molecule has 1 N–H and O–H groups in total. The predicted molar refractivity (Wildman–Crippen MR) is 119 cm³/mol. The number of rotatable bonds is 5. The van der Waals surface area contributed by atoms with Crippen LogP contribution in [0.3, 0.4) is 0 Å². The van der Waals surface area contributed by atoms with Gasteiger partial charge in [0.25, 0.3) is 11.4 Å². The van der Waals surface area contributed by atoms with E-state index in [2.05, 4.69) is 15.5 Å². The van der Waals surface area contributed by atoms with Gasteiger partial charge in [0.2, 0.25) is 11.7 Å². The van der Waals surface area contributed by atoms with Crippen molar-refractivity contribution in [2.24, 2.45) is 0 Å². The molecule has 7 nitrogen and oxygen atoms in total. The lowest BCUT2D eigenvalue weighted by Gasteiger charge is -2.14. The first-order valence-electron chi connectivity index (χ1n) is 9.90. The first-order chi connectivity index (χ1) is 14.9. The molecule has 0 bridgehead atoms. The van der Waals surface area contributed by atoms with E-state index in [1.807, 2.05) is 74.5 Å². The summed E-state index contributed by atoms with van der Waals surface area (Å²) in [6, 6.07) is 18.7. The fourth-order valence-electron chi connectivity index (χ4n) is 3.46. The predicted octanol–water partition coefficient (Wildman–Crippen LogP) is 4.13. The minimum Gasteiger partial charge on any atom is -0.333 e.